The van der Waals surface area contributed by atoms with Crippen LogP contribution in [0.4, 0.5) is 17.1 Å². The van der Waals surface area contributed by atoms with Crippen molar-refractivity contribution < 1.29 is 4.79 Å². The summed E-state index contributed by atoms with van der Waals surface area (Å²) >= 11 is 0. The molecule has 0 saturated heterocycles. The molecular weight excluding hydrogens is 224 g/mol. The monoisotopic (exact) mass is 238 g/mol. The molecular formula is C15H14N2O. The number of hydrogen-bond acceptors (Lipinski definition) is 3. The van der Waals surface area contributed by atoms with Gasteiger partial charge in [-0.3, -0.25) is 4.79 Å². The molecule has 0 radical (unpaired) electrons. The van der Waals surface area contributed by atoms with E-state index in [9.17, 15) is 4.79 Å². The number of anilines is 3. The van der Waals surface area contributed by atoms with Crippen LogP contribution in [0.2, 0.25) is 0 Å². The van der Waals surface area contributed by atoms with E-state index in [0.717, 1.165) is 24.9 Å². The molecule has 0 unspecified atom stereocenters. The molecule has 0 bridgehead atoms. The fourth-order valence-electron chi connectivity index (χ4n) is 2.44. The summed E-state index contributed by atoms with van der Waals surface area (Å²) in [6, 6.07) is 14.0. The van der Waals surface area contributed by atoms with Gasteiger partial charge in [0, 0.05) is 29.2 Å². The highest BCUT2D eigenvalue weighted by Crippen LogP contribution is 2.35. The summed E-state index contributed by atoms with van der Waals surface area (Å²) in [5.41, 5.74) is 10.6. The number of benzene rings is 2. The van der Waals surface area contributed by atoms with Crippen molar-refractivity contribution in [3.05, 3.63) is 53.6 Å². The third kappa shape index (κ3) is 1.64. The predicted molar refractivity (Wildman–Crippen MR) is 73.4 cm³/mol. The largest absolute Gasteiger partial charge is 0.398 e. The molecule has 0 saturated carbocycles. The van der Waals surface area contributed by atoms with Crippen molar-refractivity contribution in [1.82, 2.24) is 0 Å². The third-order valence-electron chi connectivity index (χ3n) is 3.40. The fraction of sp³-hybridized carbons (Fsp3) is 0.133. The maximum Gasteiger partial charge on any atom is 0.152 e. The molecule has 1 aliphatic rings. The molecule has 2 aromatic rings. The van der Waals surface area contributed by atoms with E-state index in [-0.39, 0.29) is 0 Å². The first-order chi connectivity index (χ1) is 8.79. The number of carbonyl (C=O) groups excluding carboxylic acids is 1. The van der Waals surface area contributed by atoms with E-state index in [1.807, 2.05) is 18.2 Å². The van der Waals surface area contributed by atoms with Crippen LogP contribution in [0.25, 0.3) is 0 Å². The molecule has 0 atom stereocenters. The summed E-state index contributed by atoms with van der Waals surface area (Å²) in [4.78, 5) is 13.0. The number of rotatable bonds is 2. The molecule has 0 fully saturated rings. The average Bonchev–Trinajstić information content (AvgIpc) is 2.82. The van der Waals surface area contributed by atoms with Crippen LogP contribution in [0.15, 0.2) is 42.5 Å². The topological polar surface area (TPSA) is 46.3 Å². The number of hydrogen-bond donors (Lipinski definition) is 1. The summed E-state index contributed by atoms with van der Waals surface area (Å²) in [5, 5.41) is 0. The highest BCUT2D eigenvalue weighted by atomic mass is 16.1. The molecule has 0 spiro atoms. The van der Waals surface area contributed by atoms with Crippen molar-refractivity contribution in [2.75, 3.05) is 17.2 Å². The Labute approximate surface area is 106 Å². The fourth-order valence-corrected chi connectivity index (χ4v) is 2.44. The van der Waals surface area contributed by atoms with Crippen LogP contribution >= 0.6 is 0 Å². The Hall–Kier alpha value is -2.29. The van der Waals surface area contributed by atoms with Crippen molar-refractivity contribution >= 4 is 23.3 Å². The van der Waals surface area contributed by atoms with E-state index in [1.54, 1.807) is 6.07 Å². The Kier molecular flexibility index (Phi) is 2.52. The van der Waals surface area contributed by atoms with Gasteiger partial charge in [0.2, 0.25) is 0 Å². The zero-order valence-electron chi connectivity index (χ0n) is 9.97. The van der Waals surface area contributed by atoms with Crippen LogP contribution in [-0.4, -0.2) is 12.8 Å². The van der Waals surface area contributed by atoms with Crippen LogP contribution in [0, 0.1) is 0 Å². The number of carbonyl (C=O) groups is 1. The minimum absolute atomic E-state index is 0.534. The van der Waals surface area contributed by atoms with Crippen LogP contribution in [0.1, 0.15) is 15.9 Å². The lowest BCUT2D eigenvalue weighted by Gasteiger charge is -2.20. The molecule has 3 heteroatoms. The second-order valence-corrected chi connectivity index (χ2v) is 4.46. The van der Waals surface area contributed by atoms with Gasteiger partial charge in [-0.05, 0) is 36.2 Å². The van der Waals surface area contributed by atoms with E-state index in [2.05, 4.69) is 23.1 Å². The first kappa shape index (κ1) is 10.8. The maximum absolute atomic E-state index is 10.8. The Morgan fingerprint density at radius 1 is 1.17 bits per heavy atom. The second-order valence-electron chi connectivity index (χ2n) is 4.46. The van der Waals surface area contributed by atoms with Crippen molar-refractivity contribution in [2.24, 2.45) is 0 Å². The molecule has 2 N–H and O–H groups in total. The van der Waals surface area contributed by atoms with Gasteiger partial charge in [-0.2, -0.15) is 0 Å². The summed E-state index contributed by atoms with van der Waals surface area (Å²) in [7, 11) is 0. The highest BCUT2D eigenvalue weighted by Gasteiger charge is 2.19. The molecule has 2 aromatic carbocycles. The number of fused-ring (bicyclic) bond motifs is 1. The van der Waals surface area contributed by atoms with Crippen LogP contribution in [-0.2, 0) is 6.42 Å². The van der Waals surface area contributed by atoms with Crippen molar-refractivity contribution in [3.8, 4) is 0 Å². The minimum atomic E-state index is 0.534. The summed E-state index contributed by atoms with van der Waals surface area (Å²) in [5.74, 6) is 0. The van der Waals surface area contributed by atoms with Crippen molar-refractivity contribution in [3.63, 3.8) is 0 Å². The molecule has 1 aliphatic heterocycles. The van der Waals surface area contributed by atoms with Gasteiger partial charge in [-0.15, -0.1) is 0 Å². The van der Waals surface area contributed by atoms with Crippen LogP contribution in [0.5, 0.6) is 0 Å². The molecule has 0 amide bonds. The van der Waals surface area contributed by atoms with E-state index in [1.165, 1.54) is 11.3 Å². The maximum atomic E-state index is 10.8. The van der Waals surface area contributed by atoms with Gasteiger partial charge in [0.05, 0.1) is 0 Å². The second kappa shape index (κ2) is 4.18. The lowest BCUT2D eigenvalue weighted by atomic mass is 10.1. The summed E-state index contributed by atoms with van der Waals surface area (Å²) in [6.45, 7) is 0.958. The molecule has 18 heavy (non-hydrogen) atoms. The highest BCUT2D eigenvalue weighted by molar-refractivity contribution is 5.85. The Morgan fingerprint density at radius 2 is 2.00 bits per heavy atom. The third-order valence-corrected chi connectivity index (χ3v) is 3.40. The van der Waals surface area contributed by atoms with Crippen LogP contribution in [0.3, 0.4) is 0 Å². The Bertz CT molecular complexity index is 607. The Morgan fingerprint density at radius 3 is 2.78 bits per heavy atom. The SMILES string of the molecule is Nc1cc(N2CCc3ccccc32)ccc1C=O. The number of nitrogens with two attached hydrogens (primary N) is 1. The van der Waals surface area contributed by atoms with Gasteiger partial charge < -0.3 is 10.6 Å². The number of nitrogens with zero attached hydrogens (tertiary/aromatic N) is 1. The van der Waals surface area contributed by atoms with Gasteiger partial charge in [0.1, 0.15) is 0 Å². The lowest BCUT2D eigenvalue weighted by Crippen LogP contribution is -2.13. The molecule has 0 aromatic heterocycles. The molecule has 1 heterocycles. The standard InChI is InChI=1S/C15H14N2O/c16-14-9-13(6-5-12(14)10-18)17-8-7-11-3-1-2-4-15(11)17/h1-6,9-10H,7-8,16H2. The quantitative estimate of drug-likeness (QED) is 0.646. The van der Waals surface area contributed by atoms with E-state index >= 15 is 0 Å². The van der Waals surface area contributed by atoms with Crippen LogP contribution < -0.4 is 10.6 Å². The van der Waals surface area contributed by atoms with Crippen molar-refractivity contribution in [1.29, 1.82) is 0 Å². The van der Waals surface area contributed by atoms with Gasteiger partial charge in [0.25, 0.3) is 0 Å². The zero-order valence-corrected chi connectivity index (χ0v) is 9.97. The van der Waals surface area contributed by atoms with E-state index in [4.69, 9.17) is 5.73 Å². The van der Waals surface area contributed by atoms with Gasteiger partial charge in [-0.1, -0.05) is 18.2 Å². The number of para-hydroxylation sites is 1. The molecule has 3 nitrogen and oxygen atoms in total. The van der Waals surface area contributed by atoms with E-state index in [0.29, 0.717) is 11.3 Å². The lowest BCUT2D eigenvalue weighted by molar-refractivity contribution is 0.112. The first-order valence-electron chi connectivity index (χ1n) is 6.00. The predicted octanol–water partition coefficient (Wildman–Crippen LogP) is 2.78. The van der Waals surface area contributed by atoms with Crippen molar-refractivity contribution in [2.45, 2.75) is 6.42 Å². The van der Waals surface area contributed by atoms with E-state index < -0.39 is 0 Å². The van der Waals surface area contributed by atoms with Gasteiger partial charge in [-0.25, -0.2) is 0 Å². The zero-order chi connectivity index (χ0) is 12.5. The van der Waals surface area contributed by atoms with Gasteiger partial charge >= 0.3 is 0 Å². The molecule has 0 aliphatic carbocycles. The summed E-state index contributed by atoms with van der Waals surface area (Å²) < 4.78 is 0. The number of aldehydes is 1. The first-order valence-corrected chi connectivity index (χ1v) is 6.00. The average molecular weight is 238 g/mol. The normalized spacial score (nSPS) is 13.4. The Balaban J connectivity index is 2.02. The smallest absolute Gasteiger partial charge is 0.152 e. The molecule has 3 rings (SSSR count). The molecule has 90 valence electrons. The minimum Gasteiger partial charge on any atom is -0.398 e. The van der Waals surface area contributed by atoms with Gasteiger partial charge in [0.15, 0.2) is 6.29 Å². The number of nitrogen functional groups attached to an aromatic ring is 1. The summed E-state index contributed by atoms with van der Waals surface area (Å²) in [6.07, 6.45) is 1.84.